The number of aromatic nitrogens is 2. The summed E-state index contributed by atoms with van der Waals surface area (Å²) >= 11 is 0. The highest BCUT2D eigenvalue weighted by Gasteiger charge is 2.13. The van der Waals surface area contributed by atoms with Crippen molar-refractivity contribution in [3.8, 4) is 0 Å². The van der Waals surface area contributed by atoms with Crippen LogP contribution in [0.2, 0.25) is 0 Å². The van der Waals surface area contributed by atoms with Gasteiger partial charge in [-0.1, -0.05) is 12.1 Å². The molecule has 0 unspecified atom stereocenters. The number of carbonyl (C=O) groups is 1. The van der Waals surface area contributed by atoms with Crippen LogP contribution in [0.15, 0.2) is 30.7 Å². The topological polar surface area (TPSA) is 83.8 Å². The van der Waals surface area contributed by atoms with Gasteiger partial charge in [0.15, 0.2) is 0 Å². The zero-order valence-corrected chi connectivity index (χ0v) is 10.5. The van der Waals surface area contributed by atoms with Crippen LogP contribution >= 0.6 is 0 Å². The van der Waals surface area contributed by atoms with Crippen LogP contribution in [0.3, 0.4) is 0 Å². The molecule has 1 atom stereocenters. The molecule has 2 rings (SSSR count). The van der Waals surface area contributed by atoms with Gasteiger partial charge in [-0.2, -0.15) is 0 Å². The van der Waals surface area contributed by atoms with Gasteiger partial charge in [-0.15, -0.1) is 0 Å². The number of hydrogen-bond acceptors (Lipinski definition) is 3. The summed E-state index contributed by atoms with van der Waals surface area (Å²) in [6.07, 6.45) is 4.46. The van der Waals surface area contributed by atoms with Gasteiger partial charge in [-0.25, -0.2) is 4.98 Å². The number of nitrogens with zero attached hydrogens (tertiary/aromatic N) is 1. The third kappa shape index (κ3) is 4.12. The molecule has 5 heteroatoms. The predicted molar refractivity (Wildman–Crippen MR) is 71.1 cm³/mol. The first-order valence-corrected chi connectivity index (χ1v) is 6.13. The van der Waals surface area contributed by atoms with E-state index in [1.807, 2.05) is 12.1 Å². The summed E-state index contributed by atoms with van der Waals surface area (Å²) in [6.45, 7) is 0.563. The van der Waals surface area contributed by atoms with Crippen molar-refractivity contribution in [3.63, 3.8) is 0 Å². The first-order valence-electron chi connectivity index (χ1n) is 6.13. The smallest absolute Gasteiger partial charge is 0.237 e. The van der Waals surface area contributed by atoms with Crippen LogP contribution in [-0.4, -0.2) is 28.5 Å². The van der Waals surface area contributed by atoms with Crippen LogP contribution < -0.4 is 11.1 Å². The Kier molecular flexibility index (Phi) is 4.54. The SMILES string of the molecule is N[C@@H](Cc1cnc[nH]1)C(=O)NCCc1cc#ccc1. The summed E-state index contributed by atoms with van der Waals surface area (Å²) in [7, 11) is 0. The van der Waals surface area contributed by atoms with E-state index >= 15 is 0 Å². The van der Waals surface area contributed by atoms with Gasteiger partial charge in [-0.3, -0.25) is 4.79 Å². The van der Waals surface area contributed by atoms with Crippen molar-refractivity contribution >= 4 is 5.91 Å². The van der Waals surface area contributed by atoms with Crippen LogP contribution in [0, 0.1) is 12.1 Å². The highest BCUT2D eigenvalue weighted by molar-refractivity contribution is 5.81. The Morgan fingerprint density at radius 1 is 1.53 bits per heavy atom. The zero-order chi connectivity index (χ0) is 13.5. The van der Waals surface area contributed by atoms with Crippen molar-refractivity contribution in [2.24, 2.45) is 5.73 Å². The molecule has 5 nitrogen and oxygen atoms in total. The Labute approximate surface area is 112 Å². The van der Waals surface area contributed by atoms with Gasteiger partial charge >= 0.3 is 0 Å². The molecule has 0 aliphatic heterocycles. The highest BCUT2D eigenvalue weighted by atomic mass is 16.2. The van der Waals surface area contributed by atoms with E-state index in [0.29, 0.717) is 13.0 Å². The third-order valence-electron chi connectivity index (χ3n) is 2.77. The van der Waals surface area contributed by atoms with Crippen molar-refractivity contribution in [1.82, 2.24) is 15.3 Å². The Morgan fingerprint density at radius 2 is 2.42 bits per heavy atom. The van der Waals surface area contributed by atoms with Crippen molar-refractivity contribution < 1.29 is 4.79 Å². The molecule has 1 aromatic carbocycles. The molecule has 1 amide bonds. The number of nitrogens with two attached hydrogens (primary N) is 1. The molecule has 1 heterocycles. The second-order valence-corrected chi connectivity index (χ2v) is 4.27. The maximum Gasteiger partial charge on any atom is 0.237 e. The molecule has 4 N–H and O–H groups in total. The number of aromatic amines is 1. The van der Waals surface area contributed by atoms with E-state index in [1.165, 1.54) is 0 Å². The average molecular weight is 256 g/mol. The molecular weight excluding hydrogens is 240 g/mol. The third-order valence-corrected chi connectivity index (χ3v) is 2.77. The van der Waals surface area contributed by atoms with Crippen molar-refractivity contribution in [3.05, 3.63) is 54.1 Å². The molecule has 0 radical (unpaired) electrons. The second-order valence-electron chi connectivity index (χ2n) is 4.27. The Balaban J connectivity index is 1.72. The number of hydrogen-bond donors (Lipinski definition) is 3. The molecule has 0 saturated carbocycles. The first kappa shape index (κ1) is 13.1. The molecular formula is C14H16N4O. The predicted octanol–water partition coefficient (Wildman–Crippen LogP) is 0.239. The normalized spacial score (nSPS) is 11.6. The number of carbonyl (C=O) groups excluding carboxylic acids is 1. The Morgan fingerprint density at radius 3 is 3.11 bits per heavy atom. The Hall–Kier alpha value is -2.32. The summed E-state index contributed by atoms with van der Waals surface area (Å²) in [5, 5.41) is 2.82. The number of imidazole rings is 1. The molecule has 19 heavy (non-hydrogen) atoms. The van der Waals surface area contributed by atoms with Crippen molar-refractivity contribution in [1.29, 1.82) is 0 Å². The maximum absolute atomic E-state index is 11.8. The monoisotopic (exact) mass is 256 g/mol. The van der Waals surface area contributed by atoms with E-state index in [-0.39, 0.29) is 5.91 Å². The lowest BCUT2D eigenvalue weighted by Gasteiger charge is -2.11. The van der Waals surface area contributed by atoms with E-state index in [4.69, 9.17) is 5.73 Å². The minimum atomic E-state index is -0.559. The average Bonchev–Trinajstić information content (AvgIpc) is 2.92. The van der Waals surface area contributed by atoms with Crippen LogP contribution in [-0.2, 0) is 17.6 Å². The number of amides is 1. The molecule has 0 saturated heterocycles. The molecule has 98 valence electrons. The standard InChI is InChI=1S/C14H16N4O/c15-13(8-12-9-16-10-18-12)14(19)17-7-6-11-4-2-1-3-5-11/h2,4-5,9-10,13H,6-8,15H2,(H,16,18)(H,17,19)/t13-/m0/s1. The van der Waals surface area contributed by atoms with Gasteiger partial charge in [0.25, 0.3) is 0 Å². The molecule has 0 aliphatic carbocycles. The van der Waals surface area contributed by atoms with Crippen molar-refractivity contribution in [2.75, 3.05) is 6.54 Å². The van der Waals surface area contributed by atoms with E-state index in [1.54, 1.807) is 18.6 Å². The van der Waals surface area contributed by atoms with Crippen LogP contribution in [0.5, 0.6) is 0 Å². The lowest BCUT2D eigenvalue weighted by Crippen LogP contribution is -2.42. The van der Waals surface area contributed by atoms with Crippen LogP contribution in [0.4, 0.5) is 0 Å². The number of H-pyrrole nitrogens is 1. The molecule has 0 spiro atoms. The summed E-state index contributed by atoms with van der Waals surface area (Å²) in [6, 6.07) is 10.8. The molecule has 1 aromatic heterocycles. The summed E-state index contributed by atoms with van der Waals surface area (Å²) in [5.41, 5.74) is 7.79. The molecule has 0 aliphatic rings. The van der Waals surface area contributed by atoms with Gasteiger partial charge in [0.2, 0.25) is 5.91 Å². The largest absolute Gasteiger partial charge is 0.354 e. The van der Waals surface area contributed by atoms with Crippen LogP contribution in [0.1, 0.15) is 11.3 Å². The van der Waals surface area contributed by atoms with Crippen molar-refractivity contribution in [2.45, 2.75) is 18.9 Å². The quantitative estimate of drug-likeness (QED) is 0.692. The summed E-state index contributed by atoms with van der Waals surface area (Å²) in [4.78, 5) is 18.6. The fraction of sp³-hybridized carbons (Fsp3) is 0.286. The summed E-state index contributed by atoms with van der Waals surface area (Å²) < 4.78 is 0. The fourth-order valence-electron chi connectivity index (χ4n) is 1.72. The fourth-order valence-corrected chi connectivity index (χ4v) is 1.72. The maximum atomic E-state index is 11.8. The number of rotatable bonds is 6. The zero-order valence-electron chi connectivity index (χ0n) is 10.5. The van der Waals surface area contributed by atoms with Crippen LogP contribution in [0.25, 0.3) is 0 Å². The van der Waals surface area contributed by atoms with Gasteiger partial charge in [-0.05, 0) is 30.2 Å². The lowest BCUT2D eigenvalue weighted by atomic mass is 10.1. The Bertz CT molecular complexity index is 495. The van der Waals surface area contributed by atoms with Gasteiger partial charge in [0, 0.05) is 24.9 Å². The molecule has 0 fully saturated rings. The highest BCUT2D eigenvalue weighted by Crippen LogP contribution is 1.97. The van der Waals surface area contributed by atoms with E-state index in [9.17, 15) is 4.79 Å². The van der Waals surface area contributed by atoms with Gasteiger partial charge < -0.3 is 16.0 Å². The lowest BCUT2D eigenvalue weighted by molar-refractivity contribution is -0.122. The molecule has 0 bridgehead atoms. The first-order chi connectivity index (χ1) is 9.25. The summed E-state index contributed by atoms with van der Waals surface area (Å²) in [5.74, 6) is -0.152. The van der Waals surface area contributed by atoms with Gasteiger partial charge in [0.05, 0.1) is 12.4 Å². The number of nitrogens with one attached hydrogen (secondary N) is 2. The van der Waals surface area contributed by atoms with Gasteiger partial charge in [0.1, 0.15) is 0 Å². The van der Waals surface area contributed by atoms with E-state index in [2.05, 4.69) is 27.4 Å². The molecule has 2 aromatic rings. The minimum Gasteiger partial charge on any atom is -0.354 e. The van der Waals surface area contributed by atoms with E-state index < -0.39 is 6.04 Å². The second kappa shape index (κ2) is 6.57. The minimum absolute atomic E-state index is 0.152. The van der Waals surface area contributed by atoms with E-state index in [0.717, 1.165) is 17.7 Å².